The SMILES string of the molecule is FC1(F)C=CSC2=C1C#CCCCC2. The van der Waals surface area contributed by atoms with E-state index in [0.717, 1.165) is 36.7 Å². The molecule has 0 radical (unpaired) electrons. The zero-order valence-electron chi connectivity index (χ0n) is 7.65. The minimum Gasteiger partial charge on any atom is -0.196 e. The van der Waals surface area contributed by atoms with Gasteiger partial charge < -0.3 is 0 Å². The fourth-order valence-corrected chi connectivity index (χ4v) is 2.49. The Bertz CT molecular complexity index is 355. The van der Waals surface area contributed by atoms with Gasteiger partial charge >= 0.3 is 5.92 Å². The number of thioether (sulfide) groups is 1. The van der Waals surface area contributed by atoms with Crippen LogP contribution in [0.2, 0.25) is 0 Å². The van der Waals surface area contributed by atoms with Crippen molar-refractivity contribution in [2.24, 2.45) is 0 Å². The van der Waals surface area contributed by atoms with Gasteiger partial charge in [0, 0.05) is 11.3 Å². The zero-order valence-corrected chi connectivity index (χ0v) is 8.46. The monoisotopic (exact) mass is 212 g/mol. The largest absolute Gasteiger partial charge is 0.300 e. The Morgan fingerprint density at radius 1 is 1.36 bits per heavy atom. The van der Waals surface area contributed by atoms with E-state index in [1.807, 2.05) is 0 Å². The third-order valence-corrected chi connectivity index (χ3v) is 3.23. The summed E-state index contributed by atoms with van der Waals surface area (Å²) in [6.07, 6.45) is 4.40. The summed E-state index contributed by atoms with van der Waals surface area (Å²) in [4.78, 5) is 0.754. The van der Waals surface area contributed by atoms with E-state index in [9.17, 15) is 8.78 Å². The van der Waals surface area contributed by atoms with Crippen LogP contribution in [0, 0.1) is 11.8 Å². The van der Waals surface area contributed by atoms with Crippen LogP contribution < -0.4 is 0 Å². The first kappa shape index (κ1) is 9.79. The van der Waals surface area contributed by atoms with Crippen LogP contribution in [0.4, 0.5) is 8.78 Å². The molecule has 14 heavy (non-hydrogen) atoms. The zero-order chi connectivity index (χ0) is 10.0. The molecule has 0 saturated heterocycles. The standard InChI is InChI=1S/C11H10F2S/c12-11(13)7-8-14-10-6-4-2-1-3-5-9(10)11/h7-8H,1-2,4,6H2. The summed E-state index contributed by atoms with van der Waals surface area (Å²) in [5.41, 5.74) is 0.0321. The van der Waals surface area contributed by atoms with E-state index in [2.05, 4.69) is 11.8 Å². The molecular weight excluding hydrogens is 202 g/mol. The third-order valence-electron chi connectivity index (χ3n) is 2.27. The molecular formula is C11H10F2S. The number of alkyl halides is 2. The van der Waals surface area contributed by atoms with E-state index in [4.69, 9.17) is 0 Å². The number of allylic oxidation sites excluding steroid dienone is 3. The van der Waals surface area contributed by atoms with E-state index in [1.54, 1.807) is 0 Å². The van der Waals surface area contributed by atoms with E-state index in [0.29, 0.717) is 0 Å². The van der Waals surface area contributed by atoms with Crippen LogP contribution in [0.25, 0.3) is 0 Å². The Balaban J connectivity index is 2.39. The first-order chi connectivity index (χ1) is 6.70. The summed E-state index contributed by atoms with van der Waals surface area (Å²) in [7, 11) is 0. The van der Waals surface area contributed by atoms with Gasteiger partial charge in [-0.1, -0.05) is 11.8 Å². The lowest BCUT2D eigenvalue weighted by atomic mass is 10.0. The molecule has 0 amide bonds. The predicted molar refractivity (Wildman–Crippen MR) is 54.9 cm³/mol. The lowest BCUT2D eigenvalue weighted by molar-refractivity contribution is 0.102. The Labute approximate surface area is 86.5 Å². The molecule has 0 nitrogen and oxygen atoms in total. The maximum absolute atomic E-state index is 13.4. The van der Waals surface area contributed by atoms with Crippen molar-refractivity contribution in [3.05, 3.63) is 22.0 Å². The average Bonchev–Trinajstić information content (AvgIpc) is 2.06. The molecule has 0 spiro atoms. The summed E-state index contributed by atoms with van der Waals surface area (Å²) in [5, 5.41) is 1.47. The van der Waals surface area contributed by atoms with Crippen LogP contribution in [0.5, 0.6) is 0 Å². The summed E-state index contributed by atoms with van der Waals surface area (Å²) < 4.78 is 26.8. The summed E-state index contributed by atoms with van der Waals surface area (Å²) in [6.45, 7) is 0. The van der Waals surface area contributed by atoms with Crippen molar-refractivity contribution in [3.8, 4) is 11.8 Å². The smallest absolute Gasteiger partial charge is 0.196 e. The third kappa shape index (κ3) is 1.85. The van der Waals surface area contributed by atoms with Crippen molar-refractivity contribution in [1.29, 1.82) is 0 Å². The molecule has 1 aliphatic carbocycles. The van der Waals surface area contributed by atoms with E-state index < -0.39 is 5.92 Å². The Kier molecular flexibility index (Phi) is 2.64. The van der Waals surface area contributed by atoms with Crippen molar-refractivity contribution in [2.45, 2.75) is 31.6 Å². The molecule has 0 bridgehead atoms. The molecule has 0 saturated carbocycles. The average molecular weight is 212 g/mol. The van der Waals surface area contributed by atoms with Gasteiger partial charge in [-0.15, -0.1) is 11.8 Å². The maximum atomic E-state index is 13.4. The quantitative estimate of drug-likeness (QED) is 0.551. The second-order valence-corrected chi connectivity index (χ2v) is 4.35. The number of hydrogen-bond donors (Lipinski definition) is 0. The van der Waals surface area contributed by atoms with Gasteiger partial charge in [-0.2, -0.15) is 8.78 Å². The van der Waals surface area contributed by atoms with Crippen molar-refractivity contribution >= 4 is 11.8 Å². The molecule has 0 aromatic heterocycles. The normalized spacial score (nSPS) is 24.4. The molecule has 74 valence electrons. The Morgan fingerprint density at radius 2 is 2.21 bits per heavy atom. The predicted octanol–water partition coefficient (Wildman–Crippen LogP) is 3.71. The van der Waals surface area contributed by atoms with Crippen molar-refractivity contribution in [3.63, 3.8) is 0 Å². The lowest BCUT2D eigenvalue weighted by Gasteiger charge is -2.20. The fraction of sp³-hybridized carbons (Fsp3) is 0.455. The summed E-state index contributed by atoms with van der Waals surface area (Å²) in [5.74, 6) is 2.59. The fourth-order valence-electron chi connectivity index (χ4n) is 1.52. The van der Waals surface area contributed by atoms with Crippen molar-refractivity contribution < 1.29 is 8.78 Å². The molecule has 0 N–H and O–H groups in total. The highest BCUT2D eigenvalue weighted by atomic mass is 32.2. The minimum atomic E-state index is -2.84. The van der Waals surface area contributed by atoms with Gasteiger partial charge in [0.2, 0.25) is 0 Å². The summed E-state index contributed by atoms with van der Waals surface area (Å²) >= 11 is 1.39. The van der Waals surface area contributed by atoms with Crippen LogP contribution in [0.1, 0.15) is 25.7 Å². The van der Waals surface area contributed by atoms with Crippen molar-refractivity contribution in [1.82, 2.24) is 0 Å². The second-order valence-electron chi connectivity index (χ2n) is 3.35. The van der Waals surface area contributed by atoms with Crippen LogP contribution in [0.3, 0.4) is 0 Å². The Morgan fingerprint density at radius 3 is 3.07 bits per heavy atom. The number of halogens is 2. The first-order valence-electron chi connectivity index (χ1n) is 4.65. The summed E-state index contributed by atoms with van der Waals surface area (Å²) in [6, 6.07) is 0. The van der Waals surface area contributed by atoms with Crippen LogP contribution in [0.15, 0.2) is 22.0 Å². The van der Waals surface area contributed by atoms with Crippen LogP contribution >= 0.6 is 11.8 Å². The second kappa shape index (κ2) is 3.78. The molecule has 3 heteroatoms. The van der Waals surface area contributed by atoms with Gasteiger partial charge in [0.15, 0.2) is 0 Å². The molecule has 2 rings (SSSR count). The molecule has 1 aliphatic heterocycles. The van der Waals surface area contributed by atoms with Gasteiger partial charge in [-0.3, -0.25) is 0 Å². The van der Waals surface area contributed by atoms with Gasteiger partial charge in [0.05, 0.1) is 5.57 Å². The molecule has 0 fully saturated rings. The van der Waals surface area contributed by atoms with Gasteiger partial charge in [0.1, 0.15) is 0 Å². The molecule has 2 aliphatic rings. The van der Waals surface area contributed by atoms with E-state index >= 15 is 0 Å². The first-order valence-corrected chi connectivity index (χ1v) is 5.53. The molecule has 0 aromatic carbocycles. The minimum absolute atomic E-state index is 0.0321. The topological polar surface area (TPSA) is 0 Å². The highest BCUT2D eigenvalue weighted by Crippen LogP contribution is 2.40. The molecule has 0 unspecified atom stereocenters. The van der Waals surface area contributed by atoms with E-state index in [-0.39, 0.29) is 5.57 Å². The molecule has 0 atom stereocenters. The van der Waals surface area contributed by atoms with E-state index in [1.165, 1.54) is 17.2 Å². The van der Waals surface area contributed by atoms with Gasteiger partial charge in [-0.05, 0) is 30.7 Å². The Hall–Kier alpha value is -0.750. The van der Waals surface area contributed by atoms with Gasteiger partial charge in [-0.25, -0.2) is 0 Å². The van der Waals surface area contributed by atoms with Crippen LogP contribution in [-0.4, -0.2) is 5.92 Å². The van der Waals surface area contributed by atoms with Crippen LogP contribution in [-0.2, 0) is 0 Å². The highest BCUT2D eigenvalue weighted by Gasteiger charge is 2.35. The highest BCUT2D eigenvalue weighted by molar-refractivity contribution is 8.05. The number of rotatable bonds is 0. The molecule has 1 heterocycles. The molecule has 0 aromatic rings. The number of hydrogen-bond acceptors (Lipinski definition) is 1. The van der Waals surface area contributed by atoms with Gasteiger partial charge in [0.25, 0.3) is 0 Å². The maximum Gasteiger partial charge on any atom is 0.300 e. The van der Waals surface area contributed by atoms with Crippen molar-refractivity contribution in [2.75, 3.05) is 0 Å². The lowest BCUT2D eigenvalue weighted by Crippen LogP contribution is -2.18.